The first kappa shape index (κ1) is 10.3. The van der Waals surface area contributed by atoms with Crippen molar-refractivity contribution in [2.24, 2.45) is 4.99 Å². The van der Waals surface area contributed by atoms with Gasteiger partial charge < -0.3 is 4.90 Å². The van der Waals surface area contributed by atoms with Crippen molar-refractivity contribution >= 4 is 17.4 Å². The molecule has 0 amide bonds. The molecule has 0 radical (unpaired) electrons. The number of amidine groups is 1. The van der Waals surface area contributed by atoms with E-state index in [9.17, 15) is 0 Å². The van der Waals surface area contributed by atoms with Crippen molar-refractivity contribution in [1.29, 1.82) is 0 Å². The van der Waals surface area contributed by atoms with Gasteiger partial charge in [0.15, 0.2) is 0 Å². The van der Waals surface area contributed by atoms with Crippen molar-refractivity contribution in [2.75, 3.05) is 13.1 Å². The van der Waals surface area contributed by atoms with Crippen LogP contribution in [0.1, 0.15) is 20.3 Å². The lowest BCUT2D eigenvalue weighted by atomic mass is 10.3. The number of aliphatic imine (C=N–C) groups is 1. The Morgan fingerprint density at radius 2 is 2.15 bits per heavy atom. The van der Waals surface area contributed by atoms with Gasteiger partial charge in [-0.15, -0.1) is 0 Å². The average molecular weight is 199 g/mol. The predicted molar refractivity (Wildman–Crippen MR) is 58.0 cm³/mol. The quantitative estimate of drug-likeness (QED) is 0.666. The van der Waals surface area contributed by atoms with Crippen molar-refractivity contribution in [2.45, 2.75) is 20.3 Å². The van der Waals surface area contributed by atoms with Crippen molar-refractivity contribution in [3.63, 3.8) is 0 Å². The number of rotatable bonds is 2. The number of allylic oxidation sites excluding steroid dienone is 2. The summed E-state index contributed by atoms with van der Waals surface area (Å²) in [7, 11) is 0. The smallest absolute Gasteiger partial charge is 0.109 e. The second-order valence-corrected chi connectivity index (χ2v) is 3.33. The Morgan fingerprint density at radius 1 is 1.46 bits per heavy atom. The highest BCUT2D eigenvalue weighted by atomic mass is 35.5. The van der Waals surface area contributed by atoms with E-state index in [0.717, 1.165) is 30.4 Å². The Kier molecular flexibility index (Phi) is 4.03. The van der Waals surface area contributed by atoms with Crippen LogP contribution in [0.3, 0.4) is 0 Å². The summed E-state index contributed by atoms with van der Waals surface area (Å²) < 4.78 is 0. The van der Waals surface area contributed by atoms with Crippen LogP contribution in [0.25, 0.3) is 0 Å². The number of nitrogens with zero attached hydrogens (tertiary/aromatic N) is 2. The topological polar surface area (TPSA) is 15.6 Å². The van der Waals surface area contributed by atoms with Gasteiger partial charge in [0.05, 0.1) is 0 Å². The molecule has 13 heavy (non-hydrogen) atoms. The predicted octanol–water partition coefficient (Wildman–Crippen LogP) is 2.77. The molecule has 0 bridgehead atoms. The van der Waals surface area contributed by atoms with Crippen LogP contribution in [0.5, 0.6) is 0 Å². The highest BCUT2D eigenvalue weighted by Gasteiger charge is 2.09. The lowest BCUT2D eigenvalue weighted by Gasteiger charge is -2.21. The largest absolute Gasteiger partial charge is 0.360 e. The Morgan fingerprint density at radius 3 is 2.77 bits per heavy atom. The first-order chi connectivity index (χ1) is 6.27. The molecule has 3 heteroatoms. The van der Waals surface area contributed by atoms with Crippen LogP contribution >= 0.6 is 11.6 Å². The molecule has 0 aromatic heterocycles. The van der Waals surface area contributed by atoms with Gasteiger partial charge in [-0.25, -0.2) is 4.99 Å². The first-order valence-electron chi connectivity index (χ1n) is 4.60. The molecule has 0 aliphatic carbocycles. The van der Waals surface area contributed by atoms with Crippen molar-refractivity contribution in [3.8, 4) is 0 Å². The molecule has 1 heterocycles. The zero-order valence-corrected chi connectivity index (χ0v) is 8.88. The minimum Gasteiger partial charge on any atom is -0.360 e. The van der Waals surface area contributed by atoms with Gasteiger partial charge in [0.1, 0.15) is 5.84 Å². The summed E-state index contributed by atoms with van der Waals surface area (Å²) in [5.74, 6) is 1.06. The fourth-order valence-corrected chi connectivity index (χ4v) is 1.51. The molecule has 1 aliphatic heterocycles. The second-order valence-electron chi connectivity index (χ2n) is 2.85. The average Bonchev–Trinajstić information content (AvgIpc) is 2.32. The van der Waals surface area contributed by atoms with E-state index in [1.807, 2.05) is 12.2 Å². The summed E-state index contributed by atoms with van der Waals surface area (Å²) in [6, 6.07) is 0. The van der Waals surface area contributed by atoms with Gasteiger partial charge in [0.2, 0.25) is 0 Å². The van der Waals surface area contributed by atoms with E-state index < -0.39 is 0 Å². The number of hydrogen-bond donors (Lipinski definition) is 0. The monoisotopic (exact) mass is 198 g/mol. The summed E-state index contributed by atoms with van der Waals surface area (Å²) in [4.78, 5) is 6.56. The SMILES string of the molecule is CCN(CC)C1=NC=CC=C(Cl)C1. The van der Waals surface area contributed by atoms with Crippen molar-refractivity contribution in [1.82, 2.24) is 4.90 Å². The van der Waals surface area contributed by atoms with Crippen molar-refractivity contribution in [3.05, 3.63) is 23.4 Å². The van der Waals surface area contributed by atoms with E-state index in [1.165, 1.54) is 0 Å². The van der Waals surface area contributed by atoms with Gasteiger partial charge >= 0.3 is 0 Å². The molecule has 2 nitrogen and oxygen atoms in total. The van der Waals surface area contributed by atoms with Crippen LogP contribution in [-0.2, 0) is 0 Å². The zero-order chi connectivity index (χ0) is 9.68. The minimum absolute atomic E-state index is 0.746. The van der Waals surface area contributed by atoms with Gasteiger partial charge in [0.25, 0.3) is 0 Å². The molecule has 0 atom stereocenters. The van der Waals surface area contributed by atoms with Crippen LogP contribution in [0.2, 0.25) is 0 Å². The van der Waals surface area contributed by atoms with Crippen LogP contribution in [0, 0.1) is 0 Å². The number of halogens is 1. The van der Waals surface area contributed by atoms with E-state index in [-0.39, 0.29) is 0 Å². The van der Waals surface area contributed by atoms with Gasteiger partial charge in [-0.05, 0) is 26.0 Å². The molecule has 1 aliphatic rings. The molecule has 0 spiro atoms. The van der Waals surface area contributed by atoms with Gasteiger partial charge in [-0.2, -0.15) is 0 Å². The van der Waals surface area contributed by atoms with Gasteiger partial charge in [-0.3, -0.25) is 0 Å². The molecule has 1 rings (SSSR count). The van der Waals surface area contributed by atoms with Crippen LogP contribution < -0.4 is 0 Å². The third-order valence-corrected chi connectivity index (χ3v) is 2.30. The highest BCUT2D eigenvalue weighted by molar-refractivity contribution is 6.31. The van der Waals surface area contributed by atoms with Gasteiger partial charge in [-0.1, -0.05) is 11.6 Å². The summed E-state index contributed by atoms with van der Waals surface area (Å²) in [6.45, 7) is 6.21. The summed E-state index contributed by atoms with van der Waals surface area (Å²) in [6.07, 6.45) is 6.31. The molecule has 0 N–H and O–H groups in total. The zero-order valence-electron chi connectivity index (χ0n) is 8.13. The third-order valence-electron chi connectivity index (χ3n) is 2.04. The van der Waals surface area contributed by atoms with Crippen LogP contribution in [0.4, 0.5) is 0 Å². The molecule has 0 aromatic rings. The second kappa shape index (κ2) is 5.07. The van der Waals surface area contributed by atoms with E-state index >= 15 is 0 Å². The maximum absolute atomic E-state index is 5.98. The number of hydrogen-bond acceptors (Lipinski definition) is 2. The maximum Gasteiger partial charge on any atom is 0.109 e. The fraction of sp³-hybridized carbons (Fsp3) is 0.500. The molecule has 0 fully saturated rings. The Bertz CT molecular complexity index is 250. The normalized spacial score (nSPS) is 16.2. The Labute approximate surface area is 84.6 Å². The standard InChI is InChI=1S/C10H15ClN2/c1-3-13(4-2)10-8-9(11)6-5-7-12-10/h5-7H,3-4,8H2,1-2H3. The lowest BCUT2D eigenvalue weighted by Crippen LogP contribution is -2.30. The lowest BCUT2D eigenvalue weighted by molar-refractivity contribution is 0.459. The summed E-state index contributed by atoms with van der Waals surface area (Å²) in [5.41, 5.74) is 0. The molecule has 0 saturated heterocycles. The minimum atomic E-state index is 0.746. The molecule has 0 unspecified atom stereocenters. The molecule has 0 aromatic carbocycles. The summed E-state index contributed by atoms with van der Waals surface area (Å²) in [5, 5.41) is 0.847. The Balaban J connectivity index is 2.74. The molecule has 0 saturated carbocycles. The van der Waals surface area contributed by atoms with E-state index in [0.29, 0.717) is 0 Å². The molecule has 72 valence electrons. The van der Waals surface area contributed by atoms with Crippen LogP contribution in [-0.4, -0.2) is 23.8 Å². The molecular weight excluding hydrogens is 184 g/mol. The van der Waals surface area contributed by atoms with E-state index in [1.54, 1.807) is 6.20 Å². The van der Waals surface area contributed by atoms with E-state index in [2.05, 4.69) is 23.7 Å². The fourth-order valence-electron chi connectivity index (χ4n) is 1.31. The first-order valence-corrected chi connectivity index (χ1v) is 4.98. The summed E-state index contributed by atoms with van der Waals surface area (Å²) >= 11 is 5.98. The maximum atomic E-state index is 5.98. The molecular formula is C10H15ClN2. The Hall–Kier alpha value is -0.760. The van der Waals surface area contributed by atoms with Crippen molar-refractivity contribution < 1.29 is 0 Å². The third kappa shape index (κ3) is 2.88. The highest BCUT2D eigenvalue weighted by Crippen LogP contribution is 2.13. The van der Waals surface area contributed by atoms with E-state index in [4.69, 9.17) is 11.6 Å². The van der Waals surface area contributed by atoms with Crippen LogP contribution in [0.15, 0.2) is 28.4 Å². The van der Waals surface area contributed by atoms with Gasteiger partial charge in [0, 0.05) is 30.7 Å².